The molecule has 0 spiro atoms. The van der Waals surface area contributed by atoms with E-state index < -0.39 is 10.9 Å². The molecule has 10 nitrogen and oxygen atoms in total. The first-order chi connectivity index (χ1) is 15.9. The van der Waals surface area contributed by atoms with E-state index in [9.17, 15) is 19.7 Å². The molecule has 0 bridgehead atoms. The van der Waals surface area contributed by atoms with Crippen LogP contribution in [0.3, 0.4) is 0 Å². The molecule has 0 saturated carbocycles. The number of carbonyl (C=O) groups is 2. The Hall–Kier alpha value is -4.08. The molecule has 0 unspecified atom stereocenters. The molecule has 33 heavy (non-hydrogen) atoms. The number of piperazine rings is 1. The predicted molar refractivity (Wildman–Crippen MR) is 121 cm³/mol. The molecule has 2 aromatic rings. The van der Waals surface area contributed by atoms with E-state index in [1.807, 2.05) is 4.90 Å². The van der Waals surface area contributed by atoms with E-state index in [2.05, 4.69) is 0 Å². The van der Waals surface area contributed by atoms with E-state index >= 15 is 0 Å². The average molecular weight is 455 g/mol. The summed E-state index contributed by atoms with van der Waals surface area (Å²) in [5.41, 5.74) is 1.57. The first-order valence-corrected chi connectivity index (χ1v) is 10.3. The lowest BCUT2D eigenvalue weighted by molar-refractivity contribution is -0.384. The molecule has 174 valence electrons. The number of benzene rings is 2. The third-order valence-corrected chi connectivity index (χ3v) is 5.24. The van der Waals surface area contributed by atoms with Gasteiger partial charge in [0.25, 0.3) is 11.6 Å². The fourth-order valence-electron chi connectivity index (χ4n) is 3.39. The number of esters is 1. The van der Waals surface area contributed by atoms with Gasteiger partial charge in [-0.15, -0.1) is 0 Å². The van der Waals surface area contributed by atoms with Gasteiger partial charge in [-0.05, 0) is 30.3 Å². The van der Waals surface area contributed by atoms with Crippen LogP contribution in [0.25, 0.3) is 6.08 Å². The number of nitro groups is 1. The third-order valence-electron chi connectivity index (χ3n) is 5.24. The maximum Gasteiger partial charge on any atom is 0.331 e. The molecular weight excluding hydrogens is 430 g/mol. The van der Waals surface area contributed by atoms with Crippen molar-refractivity contribution in [2.45, 2.75) is 0 Å². The van der Waals surface area contributed by atoms with Crippen LogP contribution in [0.1, 0.15) is 5.56 Å². The Morgan fingerprint density at radius 2 is 1.73 bits per heavy atom. The van der Waals surface area contributed by atoms with Crippen LogP contribution >= 0.6 is 0 Å². The lowest BCUT2D eigenvalue weighted by atomic mass is 10.2. The van der Waals surface area contributed by atoms with Gasteiger partial charge < -0.3 is 24.0 Å². The molecule has 1 amide bonds. The van der Waals surface area contributed by atoms with Gasteiger partial charge in [0.05, 0.1) is 19.1 Å². The van der Waals surface area contributed by atoms with Crippen LogP contribution < -0.4 is 14.4 Å². The second-order valence-electron chi connectivity index (χ2n) is 7.19. The minimum absolute atomic E-state index is 0.0360. The molecule has 0 atom stereocenters. The molecule has 0 radical (unpaired) electrons. The summed E-state index contributed by atoms with van der Waals surface area (Å²) >= 11 is 0. The summed E-state index contributed by atoms with van der Waals surface area (Å²) < 4.78 is 15.5. The van der Waals surface area contributed by atoms with Gasteiger partial charge >= 0.3 is 5.97 Å². The van der Waals surface area contributed by atoms with E-state index in [0.29, 0.717) is 43.2 Å². The van der Waals surface area contributed by atoms with Gasteiger partial charge in [-0.25, -0.2) is 4.79 Å². The summed E-state index contributed by atoms with van der Waals surface area (Å²) in [6, 6.07) is 11.5. The predicted octanol–water partition coefficient (Wildman–Crippen LogP) is 2.52. The molecule has 1 aliphatic heterocycles. The first kappa shape index (κ1) is 23.6. The molecule has 0 N–H and O–H groups in total. The smallest absolute Gasteiger partial charge is 0.331 e. The van der Waals surface area contributed by atoms with Crippen molar-refractivity contribution in [1.82, 2.24) is 4.90 Å². The van der Waals surface area contributed by atoms with Crippen molar-refractivity contribution in [3.05, 3.63) is 64.2 Å². The van der Waals surface area contributed by atoms with Crippen LogP contribution in [0.5, 0.6) is 11.5 Å². The fraction of sp³-hybridized carbons (Fsp3) is 0.304. The summed E-state index contributed by atoms with van der Waals surface area (Å²) in [7, 11) is 3.07. The van der Waals surface area contributed by atoms with Crippen LogP contribution in [-0.4, -0.2) is 68.7 Å². The van der Waals surface area contributed by atoms with E-state index in [-0.39, 0.29) is 18.2 Å². The average Bonchev–Trinajstić information content (AvgIpc) is 2.86. The topological polar surface area (TPSA) is 111 Å². The molecule has 2 aromatic carbocycles. The summed E-state index contributed by atoms with van der Waals surface area (Å²) in [5, 5.41) is 10.8. The Morgan fingerprint density at radius 1 is 1.03 bits per heavy atom. The van der Waals surface area contributed by atoms with Crippen molar-refractivity contribution in [1.29, 1.82) is 0 Å². The number of ether oxygens (including phenoxy) is 3. The highest BCUT2D eigenvalue weighted by molar-refractivity contribution is 5.89. The lowest BCUT2D eigenvalue weighted by Crippen LogP contribution is -2.49. The van der Waals surface area contributed by atoms with Gasteiger partial charge in [0, 0.05) is 61.7 Å². The largest absolute Gasteiger partial charge is 0.497 e. The van der Waals surface area contributed by atoms with E-state index in [4.69, 9.17) is 14.2 Å². The highest BCUT2D eigenvalue weighted by atomic mass is 16.6. The minimum Gasteiger partial charge on any atom is -0.497 e. The highest BCUT2D eigenvalue weighted by Gasteiger charge is 2.22. The molecule has 1 fully saturated rings. The molecule has 1 heterocycles. The van der Waals surface area contributed by atoms with Gasteiger partial charge in [0.1, 0.15) is 11.5 Å². The second-order valence-corrected chi connectivity index (χ2v) is 7.19. The van der Waals surface area contributed by atoms with Crippen LogP contribution in [0.2, 0.25) is 0 Å². The van der Waals surface area contributed by atoms with Crippen LogP contribution in [0, 0.1) is 10.1 Å². The van der Waals surface area contributed by atoms with E-state index in [0.717, 1.165) is 5.69 Å². The van der Waals surface area contributed by atoms with Crippen molar-refractivity contribution in [2.24, 2.45) is 0 Å². The zero-order chi connectivity index (χ0) is 23.8. The van der Waals surface area contributed by atoms with Crippen LogP contribution in [0.4, 0.5) is 11.4 Å². The van der Waals surface area contributed by atoms with Crippen molar-refractivity contribution >= 4 is 29.3 Å². The number of hydrogen-bond acceptors (Lipinski definition) is 8. The van der Waals surface area contributed by atoms with Crippen LogP contribution in [0.15, 0.2) is 48.5 Å². The normalized spacial score (nSPS) is 13.6. The SMILES string of the molecule is COc1ccc(/C=C/C(=O)OCC(=O)N2CCN(c3ccc([N+](=O)[O-])cc3)CC2)c(OC)c1. The zero-order valence-electron chi connectivity index (χ0n) is 18.4. The Morgan fingerprint density at radius 3 is 2.33 bits per heavy atom. The fourth-order valence-corrected chi connectivity index (χ4v) is 3.39. The maximum atomic E-state index is 12.4. The Kier molecular flexibility index (Phi) is 7.85. The van der Waals surface area contributed by atoms with Crippen molar-refractivity contribution in [2.75, 3.05) is 51.9 Å². The van der Waals surface area contributed by atoms with Gasteiger partial charge in [-0.2, -0.15) is 0 Å². The number of carbonyl (C=O) groups excluding carboxylic acids is 2. The first-order valence-electron chi connectivity index (χ1n) is 10.3. The van der Waals surface area contributed by atoms with Gasteiger partial charge in [-0.3, -0.25) is 14.9 Å². The number of methoxy groups -OCH3 is 2. The van der Waals surface area contributed by atoms with Gasteiger partial charge in [0.2, 0.25) is 0 Å². The third kappa shape index (κ3) is 6.22. The molecule has 1 aliphatic rings. The number of non-ortho nitro benzene ring substituents is 1. The van der Waals surface area contributed by atoms with Gasteiger partial charge in [0.15, 0.2) is 6.61 Å². The number of anilines is 1. The number of nitrogens with zero attached hydrogens (tertiary/aromatic N) is 3. The highest BCUT2D eigenvalue weighted by Crippen LogP contribution is 2.25. The standard InChI is InChI=1S/C23H25N3O7/c1-31-20-9-3-17(21(15-20)32-2)4-10-23(28)33-16-22(27)25-13-11-24(12-14-25)18-5-7-19(8-6-18)26(29)30/h3-10,15H,11-14,16H2,1-2H3/b10-4+. The lowest BCUT2D eigenvalue weighted by Gasteiger charge is -2.36. The molecule has 10 heteroatoms. The quantitative estimate of drug-likeness (QED) is 0.258. The molecule has 0 aliphatic carbocycles. The van der Waals surface area contributed by atoms with E-state index in [1.54, 1.807) is 48.4 Å². The van der Waals surface area contributed by atoms with Crippen molar-refractivity contribution in [3.63, 3.8) is 0 Å². The molecule has 0 aromatic heterocycles. The summed E-state index contributed by atoms with van der Waals surface area (Å²) in [5.74, 6) is 0.263. The summed E-state index contributed by atoms with van der Waals surface area (Å²) in [4.78, 5) is 38.5. The Labute approximate surface area is 191 Å². The molecule has 1 saturated heterocycles. The Bertz CT molecular complexity index is 1030. The van der Waals surface area contributed by atoms with Gasteiger partial charge in [-0.1, -0.05) is 0 Å². The monoisotopic (exact) mass is 455 g/mol. The molecular formula is C23H25N3O7. The maximum absolute atomic E-state index is 12.4. The Balaban J connectivity index is 1.46. The van der Waals surface area contributed by atoms with Crippen LogP contribution in [-0.2, 0) is 14.3 Å². The minimum atomic E-state index is -0.634. The summed E-state index contributed by atoms with van der Waals surface area (Å²) in [6.07, 6.45) is 2.79. The molecule has 3 rings (SSSR count). The van der Waals surface area contributed by atoms with Crippen molar-refractivity contribution in [3.8, 4) is 11.5 Å². The number of hydrogen-bond donors (Lipinski definition) is 0. The van der Waals surface area contributed by atoms with E-state index in [1.165, 1.54) is 25.3 Å². The zero-order valence-corrected chi connectivity index (χ0v) is 18.4. The van der Waals surface area contributed by atoms with Crippen molar-refractivity contribution < 1.29 is 28.7 Å². The second kappa shape index (κ2) is 11.0. The summed E-state index contributed by atoms with van der Waals surface area (Å²) in [6.45, 7) is 1.74. The number of amides is 1. The number of nitro benzene ring substituents is 1. The number of rotatable bonds is 8.